The van der Waals surface area contributed by atoms with Gasteiger partial charge in [0.15, 0.2) is 0 Å². The summed E-state index contributed by atoms with van der Waals surface area (Å²) < 4.78 is 18.6. The van der Waals surface area contributed by atoms with Crippen molar-refractivity contribution in [3.8, 4) is 0 Å². The van der Waals surface area contributed by atoms with E-state index in [1.165, 1.54) is 25.1 Å². The number of carbonyl (C=O) groups is 1. The summed E-state index contributed by atoms with van der Waals surface area (Å²) in [5.74, 6) is 0.602. The molecule has 1 aliphatic carbocycles. The highest BCUT2D eigenvalue weighted by molar-refractivity contribution is 5.79. The molecule has 1 spiro atoms. The molecule has 3 fully saturated rings. The molecular formula is C19H26FN3O2. The Balaban J connectivity index is 1.23. The highest BCUT2D eigenvalue weighted by Gasteiger charge is 2.50. The highest BCUT2D eigenvalue weighted by Crippen LogP contribution is 2.48. The van der Waals surface area contributed by atoms with Crippen LogP contribution in [0.5, 0.6) is 0 Å². The van der Waals surface area contributed by atoms with E-state index in [9.17, 15) is 9.18 Å². The van der Waals surface area contributed by atoms with Crippen molar-refractivity contribution in [3.05, 3.63) is 24.1 Å². The molecule has 3 aliphatic rings. The highest BCUT2D eigenvalue weighted by atomic mass is 19.1. The van der Waals surface area contributed by atoms with Gasteiger partial charge < -0.3 is 9.64 Å². The Bertz CT molecular complexity index is 608. The average molecular weight is 347 g/mol. The van der Waals surface area contributed by atoms with Gasteiger partial charge in [-0.15, -0.1) is 0 Å². The maximum atomic E-state index is 13.0. The van der Waals surface area contributed by atoms with Gasteiger partial charge in [0, 0.05) is 39.1 Å². The minimum atomic E-state index is -0.298. The minimum absolute atomic E-state index is 0.0576. The van der Waals surface area contributed by atoms with Crippen molar-refractivity contribution in [1.82, 2.24) is 9.88 Å². The Labute approximate surface area is 148 Å². The first-order chi connectivity index (χ1) is 12.1. The Kier molecular flexibility index (Phi) is 4.63. The van der Waals surface area contributed by atoms with Gasteiger partial charge in [-0.05, 0) is 31.4 Å². The number of hydrogen-bond donors (Lipinski definition) is 0. The fourth-order valence-electron chi connectivity index (χ4n) is 4.54. The summed E-state index contributed by atoms with van der Waals surface area (Å²) in [6.07, 6.45) is 7.60. The second kappa shape index (κ2) is 6.90. The zero-order chi connectivity index (χ0) is 17.3. The number of pyridine rings is 1. The van der Waals surface area contributed by atoms with Crippen LogP contribution in [-0.2, 0) is 9.53 Å². The van der Waals surface area contributed by atoms with Crippen molar-refractivity contribution in [2.45, 2.75) is 44.6 Å². The third-order valence-corrected chi connectivity index (χ3v) is 6.06. The van der Waals surface area contributed by atoms with Gasteiger partial charge >= 0.3 is 5.97 Å². The largest absolute Gasteiger partial charge is 0.462 e. The SMILES string of the molecule is O=C1O[C@@H](CCN2CCN(c3ccc(F)cn3)CC2)CC12CCCC2. The van der Waals surface area contributed by atoms with Gasteiger partial charge in [0.25, 0.3) is 0 Å². The predicted molar refractivity (Wildman–Crippen MR) is 92.9 cm³/mol. The Morgan fingerprint density at radius 1 is 1.20 bits per heavy atom. The number of cyclic esters (lactones) is 1. The molecular weight excluding hydrogens is 321 g/mol. The number of halogens is 1. The molecule has 136 valence electrons. The van der Waals surface area contributed by atoms with E-state index in [2.05, 4.69) is 14.8 Å². The number of ether oxygens (including phenoxy) is 1. The molecule has 2 saturated heterocycles. The molecule has 0 aromatic carbocycles. The molecule has 2 aliphatic heterocycles. The third-order valence-electron chi connectivity index (χ3n) is 6.06. The normalized spacial score (nSPS) is 26.4. The topological polar surface area (TPSA) is 45.7 Å². The van der Waals surface area contributed by atoms with Crippen molar-refractivity contribution >= 4 is 11.8 Å². The summed E-state index contributed by atoms with van der Waals surface area (Å²) in [7, 11) is 0. The Hall–Kier alpha value is -1.69. The molecule has 4 rings (SSSR count). The number of rotatable bonds is 4. The van der Waals surface area contributed by atoms with Gasteiger partial charge in [0.2, 0.25) is 0 Å². The van der Waals surface area contributed by atoms with E-state index < -0.39 is 0 Å². The number of hydrogen-bond acceptors (Lipinski definition) is 5. The fraction of sp³-hybridized carbons (Fsp3) is 0.684. The lowest BCUT2D eigenvalue weighted by atomic mass is 9.83. The van der Waals surface area contributed by atoms with E-state index in [1.54, 1.807) is 6.07 Å². The van der Waals surface area contributed by atoms with Gasteiger partial charge in [-0.2, -0.15) is 0 Å². The molecule has 1 atom stereocenters. The molecule has 3 heterocycles. The second-order valence-corrected chi connectivity index (χ2v) is 7.67. The van der Waals surface area contributed by atoms with Crippen molar-refractivity contribution in [1.29, 1.82) is 0 Å². The summed E-state index contributed by atoms with van der Waals surface area (Å²) in [5, 5.41) is 0. The van der Waals surface area contributed by atoms with Crippen molar-refractivity contribution < 1.29 is 13.9 Å². The van der Waals surface area contributed by atoms with E-state index >= 15 is 0 Å². The first-order valence-corrected chi connectivity index (χ1v) is 9.45. The van der Waals surface area contributed by atoms with Crippen LogP contribution in [0.15, 0.2) is 18.3 Å². The van der Waals surface area contributed by atoms with Crippen molar-refractivity contribution in [2.24, 2.45) is 5.41 Å². The zero-order valence-electron chi connectivity index (χ0n) is 14.6. The van der Waals surface area contributed by atoms with Crippen LogP contribution in [0, 0.1) is 11.2 Å². The van der Waals surface area contributed by atoms with Crippen LogP contribution in [0.2, 0.25) is 0 Å². The van der Waals surface area contributed by atoms with Crippen LogP contribution in [0.25, 0.3) is 0 Å². The first-order valence-electron chi connectivity index (χ1n) is 9.45. The molecule has 1 aromatic rings. The Morgan fingerprint density at radius 2 is 1.96 bits per heavy atom. The van der Waals surface area contributed by atoms with Crippen LogP contribution in [0.1, 0.15) is 38.5 Å². The second-order valence-electron chi connectivity index (χ2n) is 7.67. The summed E-state index contributed by atoms with van der Waals surface area (Å²) in [6, 6.07) is 3.20. The van der Waals surface area contributed by atoms with Crippen molar-refractivity contribution in [3.63, 3.8) is 0 Å². The van der Waals surface area contributed by atoms with Crippen LogP contribution in [0.4, 0.5) is 10.2 Å². The van der Waals surface area contributed by atoms with Gasteiger partial charge in [-0.3, -0.25) is 9.69 Å². The number of esters is 1. The molecule has 1 saturated carbocycles. The predicted octanol–water partition coefficient (Wildman–Crippen LogP) is 2.61. The van der Waals surface area contributed by atoms with Crippen LogP contribution in [-0.4, -0.2) is 54.7 Å². The van der Waals surface area contributed by atoms with Crippen LogP contribution < -0.4 is 4.90 Å². The molecule has 0 N–H and O–H groups in total. The van der Waals surface area contributed by atoms with Gasteiger partial charge in [-0.25, -0.2) is 9.37 Å². The lowest BCUT2D eigenvalue weighted by molar-refractivity contribution is -0.148. The molecule has 5 nitrogen and oxygen atoms in total. The summed E-state index contributed by atoms with van der Waals surface area (Å²) in [4.78, 5) is 21.0. The van der Waals surface area contributed by atoms with Crippen LogP contribution >= 0.6 is 0 Å². The summed E-state index contributed by atoms with van der Waals surface area (Å²) in [6.45, 7) is 4.69. The smallest absolute Gasteiger partial charge is 0.312 e. The Morgan fingerprint density at radius 3 is 2.64 bits per heavy atom. The van der Waals surface area contributed by atoms with Gasteiger partial charge in [-0.1, -0.05) is 12.8 Å². The maximum Gasteiger partial charge on any atom is 0.312 e. The quantitative estimate of drug-likeness (QED) is 0.784. The zero-order valence-corrected chi connectivity index (χ0v) is 14.6. The van der Waals surface area contributed by atoms with E-state index in [0.29, 0.717) is 0 Å². The average Bonchev–Trinajstić information content (AvgIpc) is 3.22. The number of carbonyl (C=O) groups excluding carboxylic acids is 1. The number of piperazine rings is 1. The van der Waals surface area contributed by atoms with Crippen molar-refractivity contribution in [2.75, 3.05) is 37.6 Å². The number of anilines is 1. The molecule has 25 heavy (non-hydrogen) atoms. The van der Waals surface area contributed by atoms with Gasteiger partial charge in [0.05, 0.1) is 11.6 Å². The molecule has 0 bridgehead atoms. The lowest BCUT2D eigenvalue weighted by Crippen LogP contribution is -2.47. The molecule has 0 radical (unpaired) electrons. The fourth-order valence-corrected chi connectivity index (χ4v) is 4.54. The van der Waals surface area contributed by atoms with E-state index in [-0.39, 0.29) is 23.3 Å². The molecule has 0 unspecified atom stereocenters. The van der Waals surface area contributed by atoms with E-state index in [1.807, 2.05) is 0 Å². The first kappa shape index (κ1) is 16.8. The summed E-state index contributed by atoms with van der Waals surface area (Å²) in [5.41, 5.74) is -0.141. The third kappa shape index (κ3) is 3.50. The molecule has 0 amide bonds. The number of nitrogens with zero attached hydrogens (tertiary/aromatic N) is 3. The van der Waals surface area contributed by atoms with Crippen LogP contribution in [0.3, 0.4) is 0 Å². The standard InChI is InChI=1S/C19H26FN3O2/c20-15-3-4-17(21-14-15)23-11-9-22(10-12-23)8-5-16-13-19(18(24)25-16)6-1-2-7-19/h3-4,14,16H,1-2,5-13H2/t16-/m0/s1. The monoisotopic (exact) mass is 347 g/mol. The molecule has 1 aromatic heterocycles. The lowest BCUT2D eigenvalue weighted by Gasteiger charge is -2.35. The van der Waals surface area contributed by atoms with E-state index in [0.717, 1.165) is 64.2 Å². The maximum absolute atomic E-state index is 13.0. The number of aromatic nitrogens is 1. The summed E-state index contributed by atoms with van der Waals surface area (Å²) >= 11 is 0. The van der Waals surface area contributed by atoms with E-state index in [4.69, 9.17) is 4.74 Å². The molecule has 6 heteroatoms. The van der Waals surface area contributed by atoms with Gasteiger partial charge in [0.1, 0.15) is 17.7 Å². The minimum Gasteiger partial charge on any atom is -0.462 e.